The van der Waals surface area contributed by atoms with Crippen molar-refractivity contribution in [2.45, 2.75) is 24.5 Å². The molecule has 1 aromatic rings. The van der Waals surface area contributed by atoms with Crippen LogP contribution in [0.25, 0.3) is 0 Å². The van der Waals surface area contributed by atoms with Crippen LogP contribution in [0.4, 0.5) is 0 Å². The normalized spacial score (nSPS) is 18.6. The Morgan fingerprint density at radius 2 is 2.00 bits per heavy atom. The highest BCUT2D eigenvalue weighted by atomic mass is 32.2. The Balaban J connectivity index is 2.15. The number of benzene rings is 1. The Hall–Kier alpha value is -1.20. The molecular formula is C12H13O4S-. The molecule has 0 aromatic heterocycles. The standard InChI is InChI=1S/C12H14O4S/c13-11(14)7-8-1-3-9(4-2-8)12(17(15)16)10-5-6-10/h1-4,10,12H,5-7H2,(H,13,14)(H,15,16)/p-1. The van der Waals surface area contributed by atoms with Crippen molar-refractivity contribution in [2.24, 2.45) is 5.92 Å². The van der Waals surface area contributed by atoms with Gasteiger partial charge in [-0.1, -0.05) is 24.3 Å². The largest absolute Gasteiger partial charge is 0.772 e. The van der Waals surface area contributed by atoms with Gasteiger partial charge in [0.1, 0.15) is 0 Å². The van der Waals surface area contributed by atoms with Gasteiger partial charge >= 0.3 is 5.97 Å². The molecule has 1 N–H and O–H groups in total. The second-order valence-corrected chi connectivity index (χ2v) is 5.36. The van der Waals surface area contributed by atoms with E-state index in [0.717, 1.165) is 18.4 Å². The van der Waals surface area contributed by atoms with E-state index in [9.17, 15) is 13.6 Å². The summed E-state index contributed by atoms with van der Waals surface area (Å²) >= 11 is -2.11. The minimum Gasteiger partial charge on any atom is -0.772 e. The van der Waals surface area contributed by atoms with E-state index in [1.54, 1.807) is 24.3 Å². The Labute approximate surface area is 102 Å². The Bertz CT molecular complexity index is 436. The first-order valence-electron chi connectivity index (χ1n) is 5.46. The fourth-order valence-corrected chi connectivity index (χ4v) is 2.90. The van der Waals surface area contributed by atoms with E-state index in [1.807, 2.05) is 0 Å². The van der Waals surface area contributed by atoms with Crippen molar-refractivity contribution in [1.29, 1.82) is 0 Å². The van der Waals surface area contributed by atoms with Crippen molar-refractivity contribution in [3.63, 3.8) is 0 Å². The van der Waals surface area contributed by atoms with E-state index in [2.05, 4.69) is 0 Å². The molecule has 1 fully saturated rings. The van der Waals surface area contributed by atoms with Crippen molar-refractivity contribution in [3.8, 4) is 0 Å². The van der Waals surface area contributed by atoms with Crippen LogP contribution in [0.1, 0.15) is 29.2 Å². The number of hydrogen-bond donors (Lipinski definition) is 1. The van der Waals surface area contributed by atoms with E-state index < -0.39 is 22.3 Å². The van der Waals surface area contributed by atoms with Gasteiger partial charge in [-0.25, -0.2) is 0 Å². The van der Waals surface area contributed by atoms with E-state index in [-0.39, 0.29) is 12.3 Å². The average Bonchev–Trinajstić information content (AvgIpc) is 3.04. The Morgan fingerprint density at radius 3 is 2.41 bits per heavy atom. The van der Waals surface area contributed by atoms with Crippen molar-refractivity contribution < 1.29 is 18.7 Å². The highest BCUT2D eigenvalue weighted by molar-refractivity contribution is 7.79. The van der Waals surface area contributed by atoms with Gasteiger partial charge in [-0.15, -0.1) is 0 Å². The monoisotopic (exact) mass is 253 g/mol. The Morgan fingerprint density at radius 1 is 1.41 bits per heavy atom. The number of carboxylic acid groups (broad SMARTS) is 1. The van der Waals surface area contributed by atoms with Gasteiger partial charge in [0, 0.05) is 5.25 Å². The van der Waals surface area contributed by atoms with Crippen molar-refractivity contribution in [1.82, 2.24) is 0 Å². The molecule has 0 heterocycles. The number of carbonyl (C=O) groups is 1. The van der Waals surface area contributed by atoms with Crippen LogP contribution in [0, 0.1) is 5.92 Å². The second-order valence-electron chi connectivity index (χ2n) is 4.33. The molecule has 0 spiro atoms. The summed E-state index contributed by atoms with van der Waals surface area (Å²) in [6, 6.07) is 6.81. The van der Waals surface area contributed by atoms with Crippen LogP contribution in [0.5, 0.6) is 0 Å². The van der Waals surface area contributed by atoms with Gasteiger partial charge in [-0.2, -0.15) is 0 Å². The van der Waals surface area contributed by atoms with Gasteiger partial charge < -0.3 is 9.66 Å². The zero-order chi connectivity index (χ0) is 12.4. The Kier molecular flexibility index (Phi) is 3.59. The van der Waals surface area contributed by atoms with Crippen molar-refractivity contribution in [3.05, 3.63) is 35.4 Å². The van der Waals surface area contributed by atoms with Gasteiger partial charge in [0.15, 0.2) is 0 Å². The fourth-order valence-electron chi connectivity index (χ4n) is 1.94. The number of carboxylic acids is 1. The van der Waals surface area contributed by atoms with Gasteiger partial charge in [0.05, 0.1) is 6.42 Å². The van der Waals surface area contributed by atoms with E-state index >= 15 is 0 Å². The summed E-state index contributed by atoms with van der Waals surface area (Å²) in [6.07, 6.45) is 1.87. The lowest BCUT2D eigenvalue weighted by atomic mass is 10.0. The second kappa shape index (κ2) is 4.98. The minimum atomic E-state index is -2.11. The molecule has 1 saturated carbocycles. The van der Waals surface area contributed by atoms with Crippen LogP contribution in [-0.4, -0.2) is 19.8 Å². The minimum absolute atomic E-state index is 0.0329. The molecule has 0 amide bonds. The quantitative estimate of drug-likeness (QED) is 0.809. The van der Waals surface area contributed by atoms with Crippen LogP contribution in [0.2, 0.25) is 0 Å². The van der Waals surface area contributed by atoms with Crippen LogP contribution in [0.3, 0.4) is 0 Å². The van der Waals surface area contributed by atoms with E-state index in [1.165, 1.54) is 0 Å². The van der Waals surface area contributed by atoms with Gasteiger partial charge in [-0.3, -0.25) is 9.00 Å². The molecule has 0 bridgehead atoms. The molecule has 0 radical (unpaired) electrons. The molecule has 17 heavy (non-hydrogen) atoms. The van der Waals surface area contributed by atoms with Crippen LogP contribution in [-0.2, 0) is 22.3 Å². The lowest BCUT2D eigenvalue weighted by Gasteiger charge is -2.19. The summed E-state index contributed by atoms with van der Waals surface area (Å²) in [5.74, 6) is -0.650. The molecule has 1 aromatic carbocycles. The maximum atomic E-state index is 11.1. The van der Waals surface area contributed by atoms with E-state index in [4.69, 9.17) is 5.11 Å². The SMILES string of the molecule is O=C(O)Cc1ccc(C(C2CC2)S(=O)[O-])cc1. The molecule has 0 aliphatic heterocycles. The third kappa shape index (κ3) is 3.14. The predicted molar refractivity (Wildman–Crippen MR) is 62.2 cm³/mol. The van der Waals surface area contributed by atoms with Gasteiger partial charge in [0.25, 0.3) is 0 Å². The first-order valence-corrected chi connectivity index (χ1v) is 6.60. The summed E-state index contributed by atoms with van der Waals surface area (Å²) in [5, 5.41) is 8.20. The molecule has 0 saturated heterocycles. The van der Waals surface area contributed by atoms with Crippen LogP contribution < -0.4 is 0 Å². The molecular weight excluding hydrogens is 240 g/mol. The summed E-state index contributed by atoms with van der Waals surface area (Å²) in [5.41, 5.74) is 1.45. The number of hydrogen-bond acceptors (Lipinski definition) is 3. The summed E-state index contributed by atoms with van der Waals surface area (Å²) in [7, 11) is 0. The lowest BCUT2D eigenvalue weighted by Crippen LogP contribution is -2.08. The highest BCUT2D eigenvalue weighted by Gasteiger charge is 2.33. The zero-order valence-electron chi connectivity index (χ0n) is 9.17. The third-order valence-electron chi connectivity index (χ3n) is 2.92. The first-order chi connectivity index (χ1) is 8.08. The average molecular weight is 253 g/mol. The highest BCUT2D eigenvalue weighted by Crippen LogP contribution is 2.44. The third-order valence-corrected chi connectivity index (χ3v) is 3.99. The molecule has 2 unspecified atom stereocenters. The van der Waals surface area contributed by atoms with Crippen LogP contribution >= 0.6 is 0 Å². The van der Waals surface area contributed by atoms with Gasteiger partial charge in [0.2, 0.25) is 0 Å². The summed E-state index contributed by atoms with van der Waals surface area (Å²) in [4.78, 5) is 10.5. The lowest BCUT2D eigenvalue weighted by molar-refractivity contribution is -0.136. The van der Waals surface area contributed by atoms with Crippen molar-refractivity contribution in [2.75, 3.05) is 0 Å². The van der Waals surface area contributed by atoms with E-state index in [0.29, 0.717) is 5.56 Å². The summed E-state index contributed by atoms with van der Waals surface area (Å²) in [6.45, 7) is 0. The molecule has 5 heteroatoms. The number of rotatable bonds is 5. The fraction of sp³-hybridized carbons (Fsp3) is 0.417. The topological polar surface area (TPSA) is 77.4 Å². The van der Waals surface area contributed by atoms with Crippen LogP contribution in [0.15, 0.2) is 24.3 Å². The molecule has 4 nitrogen and oxygen atoms in total. The maximum Gasteiger partial charge on any atom is 0.307 e. The molecule has 1 aliphatic carbocycles. The maximum absolute atomic E-state index is 11.1. The first kappa shape index (κ1) is 12.3. The summed E-state index contributed by atoms with van der Waals surface area (Å²) < 4.78 is 22.3. The molecule has 1 aliphatic rings. The zero-order valence-corrected chi connectivity index (χ0v) is 9.98. The predicted octanol–water partition coefficient (Wildman–Crippen LogP) is 1.64. The molecule has 2 atom stereocenters. The molecule has 2 rings (SSSR count). The number of aliphatic carboxylic acids is 1. The smallest absolute Gasteiger partial charge is 0.307 e. The van der Waals surface area contributed by atoms with Crippen molar-refractivity contribution >= 4 is 17.0 Å². The molecule has 92 valence electrons. The van der Waals surface area contributed by atoms with Gasteiger partial charge in [-0.05, 0) is 41.0 Å².